The molecule has 0 heterocycles. The molecular formula is C13H23NO5. The molecule has 4 unspecified atom stereocenters. The largest absolute Gasteiger partial charge is 0.481 e. The van der Waals surface area contributed by atoms with Gasteiger partial charge in [-0.05, 0) is 18.8 Å². The van der Waals surface area contributed by atoms with Crippen LogP contribution in [0.3, 0.4) is 0 Å². The van der Waals surface area contributed by atoms with Crippen molar-refractivity contribution in [2.45, 2.75) is 32.2 Å². The number of carboxylic acid groups (broad SMARTS) is 1. The zero-order valence-corrected chi connectivity index (χ0v) is 11.5. The molecule has 0 aromatic rings. The summed E-state index contributed by atoms with van der Waals surface area (Å²) in [7, 11) is 1.48. The van der Waals surface area contributed by atoms with Crippen molar-refractivity contribution in [1.82, 2.24) is 5.32 Å². The summed E-state index contributed by atoms with van der Waals surface area (Å²) in [6.45, 7) is 2.00. The van der Waals surface area contributed by atoms with E-state index in [1.165, 1.54) is 7.11 Å². The van der Waals surface area contributed by atoms with Gasteiger partial charge in [0.1, 0.15) is 0 Å². The molecule has 1 aliphatic carbocycles. The summed E-state index contributed by atoms with van der Waals surface area (Å²) >= 11 is 0. The number of aliphatic carboxylic acids is 1. The van der Waals surface area contributed by atoms with Gasteiger partial charge in [-0.2, -0.15) is 0 Å². The Balaban J connectivity index is 2.65. The average Bonchev–Trinajstić information content (AvgIpc) is 2.82. The smallest absolute Gasteiger partial charge is 0.307 e. The number of amides is 1. The second kappa shape index (κ2) is 7.45. The van der Waals surface area contributed by atoms with Crippen molar-refractivity contribution < 1.29 is 24.5 Å². The number of carboxylic acids is 1. The number of hydrogen-bond donors (Lipinski definition) is 3. The molecule has 0 aromatic carbocycles. The molecule has 1 fully saturated rings. The van der Waals surface area contributed by atoms with Gasteiger partial charge in [-0.3, -0.25) is 9.59 Å². The fraction of sp³-hybridized carbons (Fsp3) is 0.846. The first-order chi connectivity index (χ1) is 9.03. The molecule has 0 radical (unpaired) electrons. The fourth-order valence-electron chi connectivity index (χ4n) is 2.69. The van der Waals surface area contributed by atoms with Crippen LogP contribution in [0.2, 0.25) is 0 Å². The fourth-order valence-corrected chi connectivity index (χ4v) is 2.69. The molecule has 19 heavy (non-hydrogen) atoms. The number of carbonyl (C=O) groups is 2. The van der Waals surface area contributed by atoms with Crippen LogP contribution in [0.15, 0.2) is 0 Å². The number of methoxy groups -OCH3 is 1. The van der Waals surface area contributed by atoms with Crippen LogP contribution in [0.1, 0.15) is 26.2 Å². The highest BCUT2D eigenvalue weighted by Gasteiger charge is 2.42. The van der Waals surface area contributed by atoms with Gasteiger partial charge in [-0.15, -0.1) is 0 Å². The number of carbonyl (C=O) groups excluding carboxylic acids is 1. The van der Waals surface area contributed by atoms with Crippen LogP contribution in [0.4, 0.5) is 0 Å². The topological polar surface area (TPSA) is 95.9 Å². The summed E-state index contributed by atoms with van der Waals surface area (Å²) < 4.78 is 4.88. The van der Waals surface area contributed by atoms with Gasteiger partial charge < -0.3 is 20.3 Å². The lowest BCUT2D eigenvalue weighted by atomic mass is 9.95. The zero-order chi connectivity index (χ0) is 14.4. The van der Waals surface area contributed by atoms with Gasteiger partial charge in [-0.1, -0.05) is 13.3 Å². The molecule has 0 spiro atoms. The van der Waals surface area contributed by atoms with E-state index < -0.39 is 23.8 Å². The molecule has 110 valence electrons. The third-order valence-corrected chi connectivity index (χ3v) is 3.83. The van der Waals surface area contributed by atoms with Crippen molar-refractivity contribution in [2.75, 3.05) is 20.3 Å². The summed E-state index contributed by atoms with van der Waals surface area (Å²) in [5.74, 6) is -2.05. The van der Waals surface area contributed by atoms with Crippen molar-refractivity contribution >= 4 is 11.9 Å². The van der Waals surface area contributed by atoms with Gasteiger partial charge >= 0.3 is 5.97 Å². The van der Waals surface area contributed by atoms with Crippen molar-refractivity contribution in [1.29, 1.82) is 0 Å². The number of hydrogen-bond acceptors (Lipinski definition) is 4. The molecule has 0 saturated heterocycles. The first-order valence-electron chi connectivity index (χ1n) is 6.66. The Morgan fingerprint density at radius 2 is 2.00 bits per heavy atom. The van der Waals surface area contributed by atoms with Gasteiger partial charge in [0, 0.05) is 7.11 Å². The van der Waals surface area contributed by atoms with E-state index in [1.54, 1.807) is 0 Å². The van der Waals surface area contributed by atoms with E-state index in [4.69, 9.17) is 9.84 Å². The third-order valence-electron chi connectivity index (χ3n) is 3.83. The summed E-state index contributed by atoms with van der Waals surface area (Å²) in [6.07, 6.45) is 2.04. The lowest BCUT2D eigenvalue weighted by molar-refractivity contribution is -0.146. The van der Waals surface area contributed by atoms with E-state index in [9.17, 15) is 14.7 Å². The summed E-state index contributed by atoms with van der Waals surface area (Å²) in [5.41, 5.74) is 0. The quantitative estimate of drug-likeness (QED) is 0.618. The number of aliphatic hydroxyl groups excluding tert-OH is 1. The minimum absolute atomic E-state index is 0.212. The normalized spacial score (nSPS) is 28.1. The molecule has 1 aliphatic rings. The Bertz CT molecular complexity index is 320. The Morgan fingerprint density at radius 3 is 2.47 bits per heavy atom. The minimum Gasteiger partial charge on any atom is -0.481 e. The van der Waals surface area contributed by atoms with Crippen LogP contribution < -0.4 is 5.32 Å². The minimum atomic E-state index is -0.914. The second-order valence-electron chi connectivity index (χ2n) is 5.14. The van der Waals surface area contributed by atoms with Crippen molar-refractivity contribution in [3.05, 3.63) is 0 Å². The van der Waals surface area contributed by atoms with Gasteiger partial charge in [0.15, 0.2) is 0 Å². The predicted octanol–water partition coefficient (Wildman–Crippen LogP) is 0.247. The maximum Gasteiger partial charge on any atom is 0.307 e. The molecule has 1 rings (SSSR count). The van der Waals surface area contributed by atoms with E-state index in [0.29, 0.717) is 12.8 Å². The molecule has 6 heteroatoms. The van der Waals surface area contributed by atoms with Gasteiger partial charge in [-0.25, -0.2) is 0 Å². The van der Waals surface area contributed by atoms with Crippen LogP contribution in [-0.4, -0.2) is 48.5 Å². The number of aliphatic hydroxyl groups is 1. The molecular weight excluding hydrogens is 250 g/mol. The van der Waals surface area contributed by atoms with Crippen LogP contribution in [0.5, 0.6) is 0 Å². The summed E-state index contributed by atoms with van der Waals surface area (Å²) in [4.78, 5) is 23.3. The molecule has 0 bridgehead atoms. The van der Waals surface area contributed by atoms with Crippen LogP contribution in [0, 0.1) is 17.8 Å². The Morgan fingerprint density at radius 1 is 1.37 bits per heavy atom. The standard InChI is InChI=1S/C13H23NO5/c1-3-8-4-10(11(5-8)13(17)18)12(16)14-9(6-15)7-19-2/h8-11,15H,3-7H2,1-2H3,(H,14,16)(H,17,18). The van der Waals surface area contributed by atoms with Crippen molar-refractivity contribution in [3.63, 3.8) is 0 Å². The maximum absolute atomic E-state index is 12.1. The first kappa shape index (κ1) is 15.9. The molecule has 1 saturated carbocycles. The monoisotopic (exact) mass is 273 g/mol. The lowest BCUT2D eigenvalue weighted by Gasteiger charge is -2.20. The van der Waals surface area contributed by atoms with Crippen LogP contribution >= 0.6 is 0 Å². The number of nitrogens with one attached hydrogen (secondary N) is 1. The predicted molar refractivity (Wildman–Crippen MR) is 68.5 cm³/mol. The molecule has 0 aromatic heterocycles. The highest BCUT2D eigenvalue weighted by Crippen LogP contribution is 2.38. The van der Waals surface area contributed by atoms with Crippen LogP contribution in [0.25, 0.3) is 0 Å². The van der Waals surface area contributed by atoms with Gasteiger partial charge in [0.25, 0.3) is 0 Å². The lowest BCUT2D eigenvalue weighted by Crippen LogP contribution is -2.45. The Hall–Kier alpha value is -1.14. The van der Waals surface area contributed by atoms with Crippen molar-refractivity contribution in [3.8, 4) is 0 Å². The molecule has 4 atom stereocenters. The zero-order valence-electron chi connectivity index (χ0n) is 11.5. The van der Waals surface area contributed by atoms with Gasteiger partial charge in [0.05, 0.1) is 31.1 Å². The Kier molecular flexibility index (Phi) is 6.24. The van der Waals surface area contributed by atoms with E-state index in [1.807, 2.05) is 6.92 Å². The average molecular weight is 273 g/mol. The molecule has 6 nitrogen and oxygen atoms in total. The maximum atomic E-state index is 12.1. The van der Waals surface area contributed by atoms with Crippen LogP contribution in [-0.2, 0) is 14.3 Å². The van der Waals surface area contributed by atoms with E-state index in [-0.39, 0.29) is 25.0 Å². The molecule has 3 N–H and O–H groups in total. The summed E-state index contributed by atoms with van der Waals surface area (Å²) in [6, 6.07) is -0.479. The summed E-state index contributed by atoms with van der Waals surface area (Å²) in [5, 5.41) is 21.0. The number of ether oxygens (including phenoxy) is 1. The SMILES string of the molecule is CCC1CC(C(=O)O)C(C(=O)NC(CO)COC)C1. The Labute approximate surface area is 113 Å². The van der Waals surface area contributed by atoms with E-state index >= 15 is 0 Å². The molecule has 0 aliphatic heterocycles. The first-order valence-corrected chi connectivity index (χ1v) is 6.66. The van der Waals surface area contributed by atoms with E-state index in [2.05, 4.69) is 5.32 Å². The third kappa shape index (κ3) is 4.18. The molecule has 1 amide bonds. The number of rotatable bonds is 7. The second-order valence-corrected chi connectivity index (χ2v) is 5.14. The highest BCUT2D eigenvalue weighted by atomic mass is 16.5. The van der Waals surface area contributed by atoms with Crippen molar-refractivity contribution in [2.24, 2.45) is 17.8 Å². The highest BCUT2D eigenvalue weighted by molar-refractivity contribution is 5.85. The van der Waals surface area contributed by atoms with E-state index in [0.717, 1.165) is 6.42 Å². The van der Waals surface area contributed by atoms with Gasteiger partial charge in [0.2, 0.25) is 5.91 Å².